The van der Waals surface area contributed by atoms with Gasteiger partial charge in [-0.05, 0) is 19.4 Å². The SMILES string of the molecule is Cl.O=c1ccn(C2CCCNC2)c(=O)[nH]1. The number of H-pyrrole nitrogens is 1. The smallest absolute Gasteiger partial charge is 0.315 e. The zero-order chi connectivity index (χ0) is 9.97. The van der Waals surface area contributed by atoms with Crippen LogP contribution in [0.4, 0.5) is 0 Å². The highest BCUT2D eigenvalue weighted by atomic mass is 35.5. The average Bonchev–Trinajstić information content (AvgIpc) is 2.19. The maximum absolute atomic E-state index is 11.4. The lowest BCUT2D eigenvalue weighted by atomic mass is 10.1. The van der Waals surface area contributed by atoms with E-state index in [0.717, 1.165) is 25.9 Å². The summed E-state index contributed by atoms with van der Waals surface area (Å²) in [5, 5.41) is 3.22. The summed E-state index contributed by atoms with van der Waals surface area (Å²) in [4.78, 5) is 24.5. The minimum atomic E-state index is -0.338. The van der Waals surface area contributed by atoms with Crippen molar-refractivity contribution in [3.05, 3.63) is 33.1 Å². The standard InChI is InChI=1S/C9H13N3O2.ClH/c13-8-3-5-12(9(14)11-8)7-2-1-4-10-6-7;/h3,5,7,10H,1-2,4,6H2,(H,11,13,14);1H. The number of rotatable bonds is 1. The van der Waals surface area contributed by atoms with Gasteiger partial charge in [-0.3, -0.25) is 14.3 Å². The Kier molecular flexibility index (Phi) is 4.11. The van der Waals surface area contributed by atoms with Gasteiger partial charge in [0.2, 0.25) is 0 Å². The molecule has 1 aliphatic rings. The molecule has 0 spiro atoms. The first kappa shape index (κ1) is 12.0. The maximum Gasteiger partial charge on any atom is 0.328 e. The Labute approximate surface area is 92.9 Å². The minimum absolute atomic E-state index is 0. The molecule has 1 saturated heterocycles. The molecule has 1 unspecified atom stereocenters. The predicted octanol–water partition coefficient (Wildman–Crippen LogP) is -0.117. The Morgan fingerprint density at radius 1 is 1.40 bits per heavy atom. The van der Waals surface area contributed by atoms with Crippen molar-refractivity contribution in [1.82, 2.24) is 14.9 Å². The van der Waals surface area contributed by atoms with Crippen molar-refractivity contribution in [2.24, 2.45) is 0 Å². The number of hydrogen-bond donors (Lipinski definition) is 2. The van der Waals surface area contributed by atoms with E-state index in [1.807, 2.05) is 0 Å². The van der Waals surface area contributed by atoms with Gasteiger partial charge in [0.25, 0.3) is 5.56 Å². The van der Waals surface area contributed by atoms with E-state index in [1.165, 1.54) is 6.07 Å². The topological polar surface area (TPSA) is 66.9 Å². The van der Waals surface area contributed by atoms with E-state index in [-0.39, 0.29) is 29.7 Å². The summed E-state index contributed by atoms with van der Waals surface area (Å²) in [6.45, 7) is 1.81. The molecule has 0 saturated carbocycles. The van der Waals surface area contributed by atoms with Crippen LogP contribution in [0.3, 0.4) is 0 Å². The molecule has 2 rings (SSSR count). The van der Waals surface area contributed by atoms with Crippen LogP contribution in [0, 0.1) is 0 Å². The van der Waals surface area contributed by atoms with E-state index in [0.29, 0.717) is 0 Å². The minimum Gasteiger partial charge on any atom is -0.315 e. The number of aromatic nitrogens is 2. The summed E-state index contributed by atoms with van der Waals surface area (Å²) in [5.41, 5.74) is -0.652. The largest absolute Gasteiger partial charge is 0.328 e. The molecule has 1 atom stereocenters. The fourth-order valence-electron chi connectivity index (χ4n) is 1.79. The molecule has 0 aliphatic carbocycles. The number of aromatic amines is 1. The van der Waals surface area contributed by atoms with Gasteiger partial charge >= 0.3 is 5.69 Å². The molecular formula is C9H14ClN3O2. The molecule has 6 heteroatoms. The molecule has 0 amide bonds. The first-order chi connectivity index (χ1) is 6.77. The molecule has 2 N–H and O–H groups in total. The molecule has 1 aromatic heterocycles. The predicted molar refractivity (Wildman–Crippen MR) is 59.7 cm³/mol. The third-order valence-corrected chi connectivity index (χ3v) is 2.52. The molecule has 1 fully saturated rings. The van der Waals surface area contributed by atoms with E-state index in [4.69, 9.17) is 0 Å². The van der Waals surface area contributed by atoms with Crippen molar-refractivity contribution in [2.75, 3.05) is 13.1 Å². The van der Waals surface area contributed by atoms with Gasteiger partial charge in [-0.15, -0.1) is 12.4 Å². The first-order valence-corrected chi connectivity index (χ1v) is 4.79. The lowest BCUT2D eigenvalue weighted by Gasteiger charge is -2.24. The second-order valence-electron chi connectivity index (χ2n) is 3.52. The van der Waals surface area contributed by atoms with Crippen molar-refractivity contribution in [1.29, 1.82) is 0 Å². The zero-order valence-corrected chi connectivity index (χ0v) is 9.05. The molecule has 15 heavy (non-hydrogen) atoms. The molecular weight excluding hydrogens is 218 g/mol. The van der Waals surface area contributed by atoms with Crippen molar-refractivity contribution in [2.45, 2.75) is 18.9 Å². The summed E-state index contributed by atoms with van der Waals surface area (Å²) in [7, 11) is 0. The van der Waals surface area contributed by atoms with E-state index >= 15 is 0 Å². The third-order valence-electron chi connectivity index (χ3n) is 2.52. The highest BCUT2D eigenvalue weighted by Crippen LogP contribution is 2.12. The molecule has 84 valence electrons. The molecule has 1 aromatic rings. The molecule has 5 nitrogen and oxygen atoms in total. The van der Waals surface area contributed by atoms with Crippen molar-refractivity contribution in [3.8, 4) is 0 Å². The summed E-state index contributed by atoms with van der Waals surface area (Å²) < 4.78 is 1.59. The highest BCUT2D eigenvalue weighted by molar-refractivity contribution is 5.85. The van der Waals surface area contributed by atoms with Crippen LogP contribution in [0.25, 0.3) is 0 Å². The van der Waals surface area contributed by atoms with Crippen LogP contribution >= 0.6 is 12.4 Å². The van der Waals surface area contributed by atoms with Crippen molar-refractivity contribution >= 4 is 12.4 Å². The van der Waals surface area contributed by atoms with E-state index in [1.54, 1.807) is 10.8 Å². The number of nitrogens with zero attached hydrogens (tertiary/aromatic N) is 1. The van der Waals surface area contributed by atoms with Crippen molar-refractivity contribution in [3.63, 3.8) is 0 Å². The van der Waals surface area contributed by atoms with Gasteiger partial charge in [0.1, 0.15) is 0 Å². The lowest BCUT2D eigenvalue weighted by molar-refractivity contribution is 0.359. The fourth-order valence-corrected chi connectivity index (χ4v) is 1.79. The summed E-state index contributed by atoms with van der Waals surface area (Å²) in [5.74, 6) is 0. The van der Waals surface area contributed by atoms with Crippen LogP contribution in [-0.4, -0.2) is 22.6 Å². The average molecular weight is 232 g/mol. The van der Waals surface area contributed by atoms with Gasteiger partial charge in [0.15, 0.2) is 0 Å². The van der Waals surface area contributed by atoms with Crippen LogP contribution < -0.4 is 16.6 Å². The Bertz CT molecular complexity index is 420. The monoisotopic (exact) mass is 231 g/mol. The second-order valence-corrected chi connectivity index (χ2v) is 3.52. The number of halogens is 1. The Hall–Kier alpha value is -1.07. The summed E-state index contributed by atoms with van der Waals surface area (Å²) >= 11 is 0. The third kappa shape index (κ3) is 2.70. The van der Waals surface area contributed by atoms with Crippen LogP contribution in [-0.2, 0) is 0 Å². The first-order valence-electron chi connectivity index (χ1n) is 4.79. The van der Waals surface area contributed by atoms with Gasteiger partial charge in [0, 0.05) is 18.8 Å². The quantitative estimate of drug-likeness (QED) is 0.709. The lowest BCUT2D eigenvalue weighted by Crippen LogP contribution is -2.38. The Morgan fingerprint density at radius 2 is 2.20 bits per heavy atom. The van der Waals surface area contributed by atoms with Gasteiger partial charge in [-0.25, -0.2) is 4.79 Å². The van der Waals surface area contributed by atoms with Crippen LogP contribution in [0.5, 0.6) is 0 Å². The van der Waals surface area contributed by atoms with Crippen LogP contribution in [0.1, 0.15) is 18.9 Å². The number of piperidine rings is 1. The Morgan fingerprint density at radius 3 is 2.80 bits per heavy atom. The molecule has 1 aliphatic heterocycles. The van der Waals surface area contributed by atoms with Crippen LogP contribution in [0.2, 0.25) is 0 Å². The second kappa shape index (κ2) is 5.14. The van der Waals surface area contributed by atoms with Crippen molar-refractivity contribution < 1.29 is 0 Å². The van der Waals surface area contributed by atoms with Crippen LogP contribution in [0.15, 0.2) is 21.9 Å². The van der Waals surface area contributed by atoms with E-state index in [9.17, 15) is 9.59 Å². The van der Waals surface area contributed by atoms with Gasteiger partial charge in [-0.2, -0.15) is 0 Å². The summed E-state index contributed by atoms with van der Waals surface area (Å²) in [6, 6.07) is 1.56. The summed E-state index contributed by atoms with van der Waals surface area (Å²) in [6.07, 6.45) is 3.62. The maximum atomic E-state index is 11.4. The zero-order valence-electron chi connectivity index (χ0n) is 8.23. The normalized spacial score (nSPS) is 20.7. The molecule has 0 aromatic carbocycles. The Balaban J connectivity index is 0.00000112. The number of nitrogens with one attached hydrogen (secondary N) is 2. The molecule has 0 radical (unpaired) electrons. The number of hydrogen-bond acceptors (Lipinski definition) is 3. The van der Waals surface area contributed by atoms with E-state index in [2.05, 4.69) is 10.3 Å². The highest BCUT2D eigenvalue weighted by Gasteiger charge is 2.15. The van der Waals surface area contributed by atoms with Gasteiger partial charge < -0.3 is 5.32 Å². The van der Waals surface area contributed by atoms with E-state index < -0.39 is 0 Å². The molecule has 2 heterocycles. The molecule has 0 bridgehead atoms. The van der Waals surface area contributed by atoms with Gasteiger partial charge in [0.05, 0.1) is 6.04 Å². The van der Waals surface area contributed by atoms with Gasteiger partial charge in [-0.1, -0.05) is 0 Å². The fraction of sp³-hybridized carbons (Fsp3) is 0.556.